The van der Waals surface area contributed by atoms with Crippen LogP contribution in [-0.2, 0) is 0 Å². The number of pyridine rings is 1. The van der Waals surface area contributed by atoms with Gasteiger partial charge in [-0.3, -0.25) is 0 Å². The molecule has 0 aliphatic rings. The minimum Gasteiger partial charge on any atom is -0.488 e. The predicted octanol–water partition coefficient (Wildman–Crippen LogP) is 0.973. The van der Waals surface area contributed by atoms with Crippen molar-refractivity contribution in [1.29, 1.82) is 0 Å². The molecule has 0 radical (unpaired) electrons. The Morgan fingerprint density at radius 3 is 3.00 bits per heavy atom. The SMILES string of the molecule is CN(C)CCOc1cccn2cc(C(=O)O)nc12. The molecule has 0 amide bonds. The van der Waals surface area contributed by atoms with Crippen molar-refractivity contribution in [2.24, 2.45) is 0 Å². The maximum atomic E-state index is 10.9. The summed E-state index contributed by atoms with van der Waals surface area (Å²) in [7, 11) is 3.92. The zero-order valence-corrected chi connectivity index (χ0v) is 10.3. The Morgan fingerprint density at radius 2 is 2.33 bits per heavy atom. The molecule has 0 spiro atoms. The van der Waals surface area contributed by atoms with Crippen LogP contribution in [0.5, 0.6) is 5.75 Å². The molecule has 0 aromatic carbocycles. The van der Waals surface area contributed by atoms with Crippen LogP contribution in [0.4, 0.5) is 0 Å². The molecule has 0 unspecified atom stereocenters. The lowest BCUT2D eigenvalue weighted by Crippen LogP contribution is -2.19. The zero-order chi connectivity index (χ0) is 13.1. The summed E-state index contributed by atoms with van der Waals surface area (Å²) in [5, 5.41) is 8.90. The Labute approximate surface area is 104 Å². The number of hydrogen-bond donors (Lipinski definition) is 1. The molecule has 0 bridgehead atoms. The van der Waals surface area contributed by atoms with Crippen molar-refractivity contribution in [3.8, 4) is 5.75 Å². The maximum Gasteiger partial charge on any atom is 0.356 e. The van der Waals surface area contributed by atoms with Gasteiger partial charge in [0.05, 0.1) is 0 Å². The predicted molar refractivity (Wildman–Crippen MR) is 66.2 cm³/mol. The molecule has 6 nitrogen and oxygen atoms in total. The first-order valence-corrected chi connectivity index (χ1v) is 5.56. The van der Waals surface area contributed by atoms with Crippen molar-refractivity contribution in [2.75, 3.05) is 27.2 Å². The summed E-state index contributed by atoms with van der Waals surface area (Å²) in [5.74, 6) is -0.454. The van der Waals surface area contributed by atoms with Crippen molar-refractivity contribution in [3.05, 3.63) is 30.2 Å². The zero-order valence-electron chi connectivity index (χ0n) is 10.3. The van der Waals surface area contributed by atoms with E-state index in [1.165, 1.54) is 6.20 Å². The fourth-order valence-electron chi connectivity index (χ4n) is 1.54. The summed E-state index contributed by atoms with van der Waals surface area (Å²) in [6.07, 6.45) is 3.21. The quantitative estimate of drug-likeness (QED) is 0.855. The average molecular weight is 249 g/mol. The number of carboxylic acids is 1. The van der Waals surface area contributed by atoms with Gasteiger partial charge in [-0.1, -0.05) is 0 Å². The van der Waals surface area contributed by atoms with E-state index in [9.17, 15) is 4.79 Å². The van der Waals surface area contributed by atoms with E-state index >= 15 is 0 Å². The van der Waals surface area contributed by atoms with Crippen LogP contribution in [0.2, 0.25) is 0 Å². The molecule has 0 saturated heterocycles. The number of fused-ring (bicyclic) bond motifs is 1. The van der Waals surface area contributed by atoms with Crippen LogP contribution < -0.4 is 4.74 Å². The summed E-state index contributed by atoms with van der Waals surface area (Å²) in [5.41, 5.74) is 0.535. The van der Waals surface area contributed by atoms with Gasteiger partial charge in [0, 0.05) is 18.9 Å². The summed E-state index contributed by atoms with van der Waals surface area (Å²) < 4.78 is 7.25. The van der Waals surface area contributed by atoms with Crippen molar-refractivity contribution in [1.82, 2.24) is 14.3 Å². The third kappa shape index (κ3) is 2.60. The van der Waals surface area contributed by atoms with Gasteiger partial charge in [0.15, 0.2) is 17.1 Å². The Morgan fingerprint density at radius 1 is 1.56 bits per heavy atom. The highest BCUT2D eigenvalue weighted by Gasteiger charge is 2.11. The van der Waals surface area contributed by atoms with Gasteiger partial charge in [0.2, 0.25) is 0 Å². The van der Waals surface area contributed by atoms with E-state index in [1.54, 1.807) is 22.7 Å². The third-order valence-corrected chi connectivity index (χ3v) is 2.46. The molecule has 2 heterocycles. The van der Waals surface area contributed by atoms with E-state index in [2.05, 4.69) is 4.98 Å². The van der Waals surface area contributed by atoms with Gasteiger partial charge >= 0.3 is 5.97 Å². The van der Waals surface area contributed by atoms with Gasteiger partial charge in [0.1, 0.15) is 6.61 Å². The summed E-state index contributed by atoms with van der Waals surface area (Å²) in [6.45, 7) is 1.31. The Kier molecular flexibility index (Phi) is 3.47. The number of aromatic carboxylic acids is 1. The van der Waals surface area contributed by atoms with E-state index in [1.807, 2.05) is 19.0 Å². The standard InChI is InChI=1S/C12H15N3O3/c1-14(2)6-7-18-10-4-3-5-15-8-9(12(16)17)13-11(10)15/h3-5,8H,6-7H2,1-2H3,(H,16,17). The maximum absolute atomic E-state index is 10.9. The minimum atomic E-state index is -1.04. The second-order valence-corrected chi connectivity index (χ2v) is 4.19. The molecule has 2 rings (SSSR count). The Balaban J connectivity index is 2.24. The Bertz CT molecular complexity index is 563. The van der Waals surface area contributed by atoms with Crippen LogP contribution in [0.1, 0.15) is 10.5 Å². The summed E-state index contributed by atoms with van der Waals surface area (Å²) in [6, 6.07) is 3.58. The fraction of sp³-hybridized carbons (Fsp3) is 0.333. The molecule has 0 aliphatic heterocycles. The van der Waals surface area contributed by atoms with E-state index in [4.69, 9.17) is 9.84 Å². The molecule has 0 aliphatic carbocycles. The normalized spacial score (nSPS) is 11.1. The number of hydrogen-bond acceptors (Lipinski definition) is 4. The van der Waals surface area contributed by atoms with Crippen molar-refractivity contribution >= 4 is 11.6 Å². The second kappa shape index (κ2) is 5.05. The van der Waals surface area contributed by atoms with E-state index < -0.39 is 5.97 Å². The summed E-state index contributed by atoms with van der Waals surface area (Å²) in [4.78, 5) is 16.9. The highest BCUT2D eigenvalue weighted by molar-refractivity contribution is 5.86. The lowest BCUT2D eigenvalue weighted by atomic mass is 10.4. The lowest BCUT2D eigenvalue weighted by Gasteiger charge is -2.11. The van der Waals surface area contributed by atoms with Crippen molar-refractivity contribution in [2.45, 2.75) is 0 Å². The summed E-state index contributed by atoms with van der Waals surface area (Å²) >= 11 is 0. The number of nitrogens with zero attached hydrogens (tertiary/aromatic N) is 3. The molecule has 2 aromatic heterocycles. The highest BCUT2D eigenvalue weighted by Crippen LogP contribution is 2.18. The van der Waals surface area contributed by atoms with Crippen molar-refractivity contribution < 1.29 is 14.6 Å². The first-order chi connectivity index (χ1) is 8.58. The fourth-order valence-corrected chi connectivity index (χ4v) is 1.54. The highest BCUT2D eigenvalue weighted by atomic mass is 16.5. The van der Waals surface area contributed by atoms with Gasteiger partial charge in [0.25, 0.3) is 0 Å². The topological polar surface area (TPSA) is 67.1 Å². The second-order valence-electron chi connectivity index (χ2n) is 4.19. The number of imidazole rings is 1. The van der Waals surface area contributed by atoms with Crippen LogP contribution in [0, 0.1) is 0 Å². The first-order valence-electron chi connectivity index (χ1n) is 5.56. The van der Waals surface area contributed by atoms with E-state index in [0.29, 0.717) is 18.0 Å². The number of ether oxygens (including phenoxy) is 1. The molecule has 1 N–H and O–H groups in total. The van der Waals surface area contributed by atoms with Gasteiger partial charge in [-0.25, -0.2) is 9.78 Å². The minimum absolute atomic E-state index is 0.0126. The molecule has 0 fully saturated rings. The van der Waals surface area contributed by atoms with Gasteiger partial charge in [-0.15, -0.1) is 0 Å². The number of carbonyl (C=O) groups is 1. The molecular formula is C12H15N3O3. The smallest absolute Gasteiger partial charge is 0.356 e. The average Bonchev–Trinajstić information content (AvgIpc) is 2.73. The number of carboxylic acid groups (broad SMARTS) is 1. The first kappa shape index (κ1) is 12.4. The van der Waals surface area contributed by atoms with Gasteiger partial charge in [-0.05, 0) is 26.2 Å². The number of aromatic nitrogens is 2. The monoisotopic (exact) mass is 249 g/mol. The van der Waals surface area contributed by atoms with E-state index in [-0.39, 0.29) is 5.69 Å². The van der Waals surface area contributed by atoms with Gasteiger partial charge < -0.3 is 19.1 Å². The van der Waals surface area contributed by atoms with Crippen LogP contribution in [0.25, 0.3) is 5.65 Å². The van der Waals surface area contributed by atoms with Crippen LogP contribution in [-0.4, -0.2) is 52.6 Å². The number of likely N-dealkylation sites (N-methyl/N-ethyl adjacent to an activating group) is 1. The molecule has 96 valence electrons. The molecule has 6 heteroatoms. The largest absolute Gasteiger partial charge is 0.488 e. The lowest BCUT2D eigenvalue weighted by molar-refractivity contribution is 0.0691. The molecular weight excluding hydrogens is 234 g/mol. The van der Waals surface area contributed by atoms with Crippen LogP contribution in [0.3, 0.4) is 0 Å². The Hall–Kier alpha value is -2.08. The number of rotatable bonds is 5. The molecule has 18 heavy (non-hydrogen) atoms. The van der Waals surface area contributed by atoms with Crippen LogP contribution in [0.15, 0.2) is 24.5 Å². The third-order valence-electron chi connectivity index (χ3n) is 2.46. The van der Waals surface area contributed by atoms with Gasteiger partial charge in [-0.2, -0.15) is 0 Å². The van der Waals surface area contributed by atoms with Crippen molar-refractivity contribution in [3.63, 3.8) is 0 Å². The van der Waals surface area contributed by atoms with Crippen LogP contribution >= 0.6 is 0 Å². The van der Waals surface area contributed by atoms with E-state index in [0.717, 1.165) is 6.54 Å². The molecule has 0 atom stereocenters. The molecule has 0 saturated carbocycles. The molecule has 2 aromatic rings.